The summed E-state index contributed by atoms with van der Waals surface area (Å²) in [4.78, 5) is 0.233. The molecule has 0 aliphatic carbocycles. The minimum atomic E-state index is -3.59. The minimum Gasteiger partial charge on any atom is -0.497 e. The maximum absolute atomic E-state index is 13.2. The van der Waals surface area contributed by atoms with Crippen molar-refractivity contribution >= 4 is 10.0 Å². The van der Waals surface area contributed by atoms with Gasteiger partial charge in [-0.15, -0.1) is 0 Å². The third kappa shape index (κ3) is 4.63. The Kier molecular flexibility index (Phi) is 6.92. The Morgan fingerprint density at radius 2 is 1.75 bits per heavy atom. The SMILES string of the molecule is COc1ccc2c(c1)OCCCCCCCCN(C(C)C)S2(=O)=O. The zero-order valence-corrected chi connectivity index (χ0v) is 15.8. The third-order valence-corrected chi connectivity index (χ3v) is 6.46. The van der Waals surface area contributed by atoms with Crippen LogP contribution in [0.25, 0.3) is 0 Å². The molecule has 0 atom stereocenters. The van der Waals surface area contributed by atoms with Crippen molar-refractivity contribution < 1.29 is 17.9 Å². The van der Waals surface area contributed by atoms with Crippen molar-refractivity contribution in [1.82, 2.24) is 4.31 Å². The summed E-state index contributed by atoms with van der Waals surface area (Å²) in [7, 11) is -2.03. The largest absolute Gasteiger partial charge is 0.497 e. The fraction of sp³-hybridized carbons (Fsp3) is 0.667. The zero-order chi connectivity index (χ0) is 17.6. The Balaban J connectivity index is 2.43. The average Bonchev–Trinajstić information content (AvgIpc) is 2.56. The molecule has 0 aromatic heterocycles. The Hall–Kier alpha value is -1.27. The maximum Gasteiger partial charge on any atom is 0.246 e. The Morgan fingerprint density at radius 3 is 2.42 bits per heavy atom. The summed E-state index contributed by atoms with van der Waals surface area (Å²) in [6.07, 6.45) is 6.32. The van der Waals surface area contributed by atoms with Gasteiger partial charge in [-0.1, -0.05) is 25.7 Å². The predicted octanol–water partition coefficient (Wildman–Crippen LogP) is 3.83. The molecule has 0 saturated heterocycles. The van der Waals surface area contributed by atoms with Crippen LogP contribution in [-0.2, 0) is 10.0 Å². The van der Waals surface area contributed by atoms with E-state index in [1.54, 1.807) is 29.6 Å². The van der Waals surface area contributed by atoms with Gasteiger partial charge in [0.1, 0.15) is 16.4 Å². The normalized spacial score (nSPS) is 20.2. The molecule has 0 radical (unpaired) electrons. The van der Waals surface area contributed by atoms with Gasteiger partial charge >= 0.3 is 0 Å². The van der Waals surface area contributed by atoms with Gasteiger partial charge in [-0.05, 0) is 38.8 Å². The van der Waals surface area contributed by atoms with Gasteiger partial charge < -0.3 is 9.47 Å². The average molecular weight is 356 g/mol. The first-order chi connectivity index (χ1) is 11.5. The predicted molar refractivity (Wildman–Crippen MR) is 95.2 cm³/mol. The number of benzene rings is 1. The fourth-order valence-electron chi connectivity index (χ4n) is 2.98. The van der Waals surface area contributed by atoms with E-state index >= 15 is 0 Å². The number of fused-ring (bicyclic) bond motifs is 1. The molecule has 1 aromatic carbocycles. The molecule has 5 nitrogen and oxygen atoms in total. The number of hydrogen-bond acceptors (Lipinski definition) is 4. The van der Waals surface area contributed by atoms with Crippen LogP contribution >= 0.6 is 0 Å². The van der Waals surface area contributed by atoms with Gasteiger partial charge in [-0.25, -0.2) is 8.42 Å². The molecule has 0 saturated carbocycles. The van der Waals surface area contributed by atoms with E-state index in [2.05, 4.69) is 0 Å². The highest BCUT2D eigenvalue weighted by molar-refractivity contribution is 7.89. The molecule has 0 N–H and O–H groups in total. The summed E-state index contributed by atoms with van der Waals surface area (Å²) >= 11 is 0. The second-order valence-corrected chi connectivity index (χ2v) is 8.35. The van der Waals surface area contributed by atoms with Crippen LogP contribution in [0.1, 0.15) is 52.4 Å². The smallest absolute Gasteiger partial charge is 0.246 e. The molecule has 0 bridgehead atoms. The van der Waals surface area contributed by atoms with Crippen molar-refractivity contribution in [1.29, 1.82) is 0 Å². The van der Waals surface area contributed by atoms with E-state index in [1.165, 1.54) is 6.42 Å². The first-order valence-electron chi connectivity index (χ1n) is 8.79. The number of nitrogens with zero attached hydrogens (tertiary/aromatic N) is 1. The van der Waals surface area contributed by atoms with Crippen LogP contribution in [-0.4, -0.2) is 39.0 Å². The van der Waals surface area contributed by atoms with Crippen LogP contribution in [0, 0.1) is 0 Å². The minimum absolute atomic E-state index is 0.0879. The summed E-state index contributed by atoms with van der Waals surface area (Å²) < 4.78 is 39.0. The van der Waals surface area contributed by atoms with Crippen LogP contribution in [0.15, 0.2) is 23.1 Å². The van der Waals surface area contributed by atoms with E-state index in [0.717, 1.165) is 32.1 Å². The van der Waals surface area contributed by atoms with Crippen LogP contribution in [0.3, 0.4) is 0 Å². The quantitative estimate of drug-likeness (QED) is 0.809. The summed E-state index contributed by atoms with van der Waals surface area (Å²) in [5.74, 6) is 0.989. The van der Waals surface area contributed by atoms with E-state index < -0.39 is 10.0 Å². The van der Waals surface area contributed by atoms with Crippen LogP contribution in [0.5, 0.6) is 11.5 Å². The molecule has 0 fully saturated rings. The van der Waals surface area contributed by atoms with Gasteiger partial charge in [-0.2, -0.15) is 4.31 Å². The van der Waals surface area contributed by atoms with Gasteiger partial charge in [0.2, 0.25) is 10.0 Å². The van der Waals surface area contributed by atoms with E-state index in [-0.39, 0.29) is 10.9 Å². The number of rotatable bonds is 2. The van der Waals surface area contributed by atoms with Gasteiger partial charge in [-0.3, -0.25) is 0 Å². The lowest BCUT2D eigenvalue weighted by Crippen LogP contribution is -2.37. The molecule has 1 aliphatic heterocycles. The first kappa shape index (κ1) is 19.1. The van der Waals surface area contributed by atoms with Crippen LogP contribution in [0.4, 0.5) is 0 Å². The lowest BCUT2D eigenvalue weighted by molar-refractivity contribution is 0.293. The Morgan fingerprint density at radius 1 is 1.08 bits per heavy atom. The van der Waals surface area contributed by atoms with E-state index in [0.29, 0.717) is 24.7 Å². The van der Waals surface area contributed by atoms with Gasteiger partial charge in [0.05, 0.1) is 13.7 Å². The van der Waals surface area contributed by atoms with Crippen molar-refractivity contribution in [2.75, 3.05) is 20.3 Å². The number of ether oxygens (including phenoxy) is 2. The van der Waals surface area contributed by atoms with Crippen molar-refractivity contribution in [3.8, 4) is 11.5 Å². The van der Waals surface area contributed by atoms with Crippen LogP contribution < -0.4 is 9.47 Å². The summed E-state index contributed by atoms with van der Waals surface area (Å²) in [5, 5.41) is 0. The lowest BCUT2D eigenvalue weighted by atomic mass is 10.1. The zero-order valence-electron chi connectivity index (χ0n) is 15.0. The van der Waals surface area contributed by atoms with Gasteiger partial charge in [0, 0.05) is 18.7 Å². The number of methoxy groups -OCH3 is 1. The third-order valence-electron chi connectivity index (χ3n) is 4.34. The molecule has 0 unspecified atom stereocenters. The number of hydrogen-bond donors (Lipinski definition) is 0. The Labute approximate surface area is 146 Å². The summed E-state index contributed by atoms with van der Waals surface area (Å²) in [6, 6.07) is 4.86. The van der Waals surface area contributed by atoms with E-state index in [4.69, 9.17) is 9.47 Å². The van der Waals surface area contributed by atoms with Crippen molar-refractivity contribution in [3.63, 3.8) is 0 Å². The molecular weight excluding hydrogens is 326 g/mol. The monoisotopic (exact) mass is 355 g/mol. The molecule has 0 amide bonds. The molecule has 6 heteroatoms. The fourth-order valence-corrected chi connectivity index (χ4v) is 4.77. The highest BCUT2D eigenvalue weighted by Gasteiger charge is 2.30. The van der Waals surface area contributed by atoms with Crippen molar-refractivity contribution in [2.45, 2.75) is 63.3 Å². The highest BCUT2D eigenvalue weighted by Crippen LogP contribution is 2.32. The second-order valence-electron chi connectivity index (χ2n) is 6.49. The van der Waals surface area contributed by atoms with E-state index in [9.17, 15) is 8.42 Å². The lowest BCUT2D eigenvalue weighted by Gasteiger charge is -2.27. The summed E-state index contributed by atoms with van der Waals surface area (Å²) in [6.45, 7) is 4.90. The van der Waals surface area contributed by atoms with Gasteiger partial charge in [0.15, 0.2) is 0 Å². The molecule has 24 heavy (non-hydrogen) atoms. The number of sulfonamides is 1. The van der Waals surface area contributed by atoms with E-state index in [1.807, 2.05) is 13.8 Å². The summed E-state index contributed by atoms with van der Waals surface area (Å²) in [5.41, 5.74) is 0. The molecule has 1 heterocycles. The topological polar surface area (TPSA) is 55.8 Å². The van der Waals surface area contributed by atoms with Gasteiger partial charge in [0.25, 0.3) is 0 Å². The molecule has 1 aliphatic rings. The van der Waals surface area contributed by atoms with Crippen molar-refractivity contribution in [3.05, 3.63) is 18.2 Å². The molecule has 1 aromatic rings. The molecule has 0 spiro atoms. The maximum atomic E-state index is 13.2. The first-order valence-corrected chi connectivity index (χ1v) is 10.2. The van der Waals surface area contributed by atoms with Crippen molar-refractivity contribution in [2.24, 2.45) is 0 Å². The Bertz CT molecular complexity index is 628. The molecule has 136 valence electrons. The highest BCUT2D eigenvalue weighted by atomic mass is 32.2. The second kappa shape index (κ2) is 8.72. The molecule has 2 rings (SSSR count). The standard InChI is InChI=1S/C18H29NO4S/c1-15(2)19-12-8-6-4-5-7-9-13-23-17-14-16(22-3)10-11-18(17)24(19,20)21/h10-11,14-15H,4-9,12-13H2,1-3H3. The molecular formula is C18H29NO4S. The van der Waals surface area contributed by atoms with Crippen LogP contribution in [0.2, 0.25) is 0 Å².